The Bertz CT molecular complexity index is 858. The normalized spacial score (nSPS) is 12.0. The Hall–Kier alpha value is -2.38. The van der Waals surface area contributed by atoms with Crippen LogP contribution in [-0.4, -0.2) is 44.2 Å². The molecule has 2 rings (SSSR count). The monoisotopic (exact) mass is 376 g/mol. The van der Waals surface area contributed by atoms with Gasteiger partial charge in [-0.15, -0.1) is 0 Å². The van der Waals surface area contributed by atoms with Gasteiger partial charge in [0.05, 0.1) is 18.6 Å². The fourth-order valence-electron chi connectivity index (χ4n) is 2.49. The molecule has 0 aliphatic rings. The number of phenolic OH excluding ortho intramolecular Hbond substituents is 1. The molecule has 2 aromatic rings. The number of hydrogen-bond acceptors (Lipinski definition) is 5. The molecule has 0 amide bonds. The van der Waals surface area contributed by atoms with Crippen LogP contribution in [0.1, 0.15) is 25.0 Å². The minimum atomic E-state index is -3.45. The molecular weight excluding hydrogens is 352 g/mol. The highest BCUT2D eigenvalue weighted by molar-refractivity contribution is 7.89. The van der Waals surface area contributed by atoms with Gasteiger partial charge < -0.3 is 9.84 Å². The van der Waals surface area contributed by atoms with Gasteiger partial charge in [0.25, 0.3) is 0 Å². The van der Waals surface area contributed by atoms with Crippen molar-refractivity contribution in [3.63, 3.8) is 0 Å². The quantitative estimate of drug-likeness (QED) is 0.718. The molecule has 0 heterocycles. The number of phenols is 1. The van der Waals surface area contributed by atoms with Crippen molar-refractivity contribution < 1.29 is 18.3 Å². The van der Waals surface area contributed by atoms with Gasteiger partial charge in [-0.3, -0.25) is 4.99 Å². The van der Waals surface area contributed by atoms with Crippen LogP contribution in [0.3, 0.4) is 0 Å². The Kier molecular flexibility index (Phi) is 6.76. The highest BCUT2D eigenvalue weighted by atomic mass is 32.2. The van der Waals surface area contributed by atoms with Crippen LogP contribution >= 0.6 is 0 Å². The average Bonchev–Trinajstić information content (AvgIpc) is 2.64. The molecule has 0 radical (unpaired) electrons. The summed E-state index contributed by atoms with van der Waals surface area (Å²) in [6.07, 6.45) is 1.57. The Morgan fingerprint density at radius 3 is 2.35 bits per heavy atom. The Labute approximate surface area is 154 Å². The van der Waals surface area contributed by atoms with Crippen molar-refractivity contribution in [3.8, 4) is 11.5 Å². The Morgan fingerprint density at radius 2 is 1.77 bits per heavy atom. The molecule has 0 atom stereocenters. The summed E-state index contributed by atoms with van der Waals surface area (Å²) in [4.78, 5) is 4.58. The summed E-state index contributed by atoms with van der Waals surface area (Å²) in [7, 11) is -1.89. The lowest BCUT2D eigenvalue weighted by molar-refractivity contribution is 0.412. The summed E-state index contributed by atoms with van der Waals surface area (Å²) in [5.41, 5.74) is 1.44. The van der Waals surface area contributed by atoms with Gasteiger partial charge in [0.15, 0.2) is 0 Å². The van der Waals surface area contributed by atoms with Gasteiger partial charge in [0.2, 0.25) is 10.0 Å². The zero-order valence-corrected chi connectivity index (χ0v) is 16.0. The lowest BCUT2D eigenvalue weighted by Gasteiger charge is -2.18. The largest absolute Gasteiger partial charge is 0.507 e. The van der Waals surface area contributed by atoms with E-state index in [0.717, 1.165) is 5.56 Å². The lowest BCUT2D eigenvalue weighted by Crippen LogP contribution is -2.30. The van der Waals surface area contributed by atoms with Crippen LogP contribution in [0.5, 0.6) is 11.5 Å². The molecule has 0 aliphatic heterocycles. The van der Waals surface area contributed by atoms with E-state index in [2.05, 4.69) is 4.99 Å². The van der Waals surface area contributed by atoms with E-state index in [0.29, 0.717) is 30.9 Å². The number of benzene rings is 2. The molecule has 2 aromatic carbocycles. The molecule has 26 heavy (non-hydrogen) atoms. The summed E-state index contributed by atoms with van der Waals surface area (Å²) < 4.78 is 31.5. The van der Waals surface area contributed by atoms with E-state index in [1.165, 1.54) is 4.31 Å². The predicted octanol–water partition coefficient (Wildman–Crippen LogP) is 3.05. The number of sulfonamides is 1. The van der Waals surface area contributed by atoms with Crippen LogP contribution in [0.4, 0.5) is 0 Å². The molecule has 0 saturated heterocycles. The fourth-order valence-corrected chi connectivity index (χ4v) is 3.95. The maximum absolute atomic E-state index is 12.5. The smallest absolute Gasteiger partial charge is 0.243 e. The van der Waals surface area contributed by atoms with E-state index >= 15 is 0 Å². The second kappa shape index (κ2) is 8.82. The van der Waals surface area contributed by atoms with E-state index in [-0.39, 0.29) is 10.6 Å². The summed E-state index contributed by atoms with van der Waals surface area (Å²) >= 11 is 0. The molecule has 7 heteroatoms. The van der Waals surface area contributed by atoms with Crippen molar-refractivity contribution in [3.05, 3.63) is 53.6 Å². The number of hydrogen-bond donors (Lipinski definition) is 1. The standard InChI is InChI=1S/C19H24N2O4S/c1-4-21(5-2)26(23,24)18-9-6-15(7-10-18)13-20-14-16-12-17(25-3)8-11-19(16)22/h6-12,14,22H,4-5,13H2,1-3H3. The van der Waals surface area contributed by atoms with Crippen molar-refractivity contribution >= 4 is 16.2 Å². The van der Waals surface area contributed by atoms with Gasteiger partial charge in [-0.1, -0.05) is 26.0 Å². The second-order valence-corrected chi connectivity index (χ2v) is 7.57. The van der Waals surface area contributed by atoms with E-state index in [9.17, 15) is 13.5 Å². The number of aromatic hydroxyl groups is 1. The maximum Gasteiger partial charge on any atom is 0.243 e. The third-order valence-corrected chi connectivity index (χ3v) is 6.07. The lowest BCUT2D eigenvalue weighted by atomic mass is 10.2. The van der Waals surface area contributed by atoms with E-state index < -0.39 is 10.0 Å². The highest BCUT2D eigenvalue weighted by Gasteiger charge is 2.20. The molecule has 6 nitrogen and oxygen atoms in total. The summed E-state index contributed by atoms with van der Waals surface area (Å²) in [6, 6.07) is 11.6. The van der Waals surface area contributed by atoms with Crippen LogP contribution < -0.4 is 4.74 Å². The number of aliphatic imine (C=N–C) groups is 1. The second-order valence-electron chi connectivity index (χ2n) is 5.63. The summed E-state index contributed by atoms with van der Waals surface area (Å²) in [6.45, 7) is 4.89. The van der Waals surface area contributed by atoms with Crippen molar-refractivity contribution in [2.24, 2.45) is 4.99 Å². The topological polar surface area (TPSA) is 79.2 Å². The zero-order valence-electron chi connectivity index (χ0n) is 15.2. The number of methoxy groups -OCH3 is 1. The first-order chi connectivity index (χ1) is 12.4. The first kappa shape index (κ1) is 19.9. The number of rotatable bonds is 8. The number of ether oxygens (including phenoxy) is 1. The SMILES string of the molecule is CCN(CC)S(=O)(=O)c1ccc(CN=Cc2cc(OC)ccc2O)cc1. The van der Waals surface area contributed by atoms with E-state index in [1.807, 2.05) is 13.8 Å². The molecule has 0 bridgehead atoms. The van der Waals surface area contributed by atoms with Gasteiger partial charge in [-0.05, 0) is 35.9 Å². The summed E-state index contributed by atoms with van der Waals surface area (Å²) in [5.74, 6) is 0.755. The molecule has 0 unspecified atom stereocenters. The molecule has 0 spiro atoms. The first-order valence-electron chi connectivity index (χ1n) is 8.38. The minimum Gasteiger partial charge on any atom is -0.507 e. The average molecular weight is 376 g/mol. The minimum absolute atomic E-state index is 0.121. The van der Waals surface area contributed by atoms with Crippen LogP contribution in [0.25, 0.3) is 0 Å². The van der Waals surface area contributed by atoms with Crippen molar-refractivity contribution in [2.75, 3.05) is 20.2 Å². The van der Waals surface area contributed by atoms with Gasteiger partial charge in [-0.2, -0.15) is 4.31 Å². The third-order valence-electron chi connectivity index (χ3n) is 4.01. The predicted molar refractivity (Wildman–Crippen MR) is 103 cm³/mol. The van der Waals surface area contributed by atoms with Crippen LogP contribution in [0, 0.1) is 0 Å². The molecule has 0 fully saturated rings. The molecule has 0 aliphatic carbocycles. The van der Waals surface area contributed by atoms with Gasteiger partial charge in [-0.25, -0.2) is 8.42 Å². The van der Waals surface area contributed by atoms with Crippen LogP contribution in [0.2, 0.25) is 0 Å². The highest BCUT2D eigenvalue weighted by Crippen LogP contribution is 2.21. The Morgan fingerprint density at radius 1 is 1.12 bits per heavy atom. The third kappa shape index (κ3) is 4.62. The first-order valence-corrected chi connectivity index (χ1v) is 9.82. The van der Waals surface area contributed by atoms with Crippen LogP contribution in [0.15, 0.2) is 52.4 Å². The van der Waals surface area contributed by atoms with Crippen molar-refractivity contribution in [1.82, 2.24) is 4.31 Å². The summed E-state index contributed by atoms with van der Waals surface area (Å²) in [5, 5.41) is 9.83. The maximum atomic E-state index is 12.5. The molecule has 0 saturated carbocycles. The van der Waals surface area contributed by atoms with E-state index in [4.69, 9.17) is 4.74 Å². The number of nitrogens with zero attached hydrogens (tertiary/aromatic N) is 2. The molecular formula is C19H24N2O4S. The van der Waals surface area contributed by atoms with Crippen LogP contribution in [-0.2, 0) is 16.6 Å². The fraction of sp³-hybridized carbons (Fsp3) is 0.316. The molecule has 140 valence electrons. The Balaban J connectivity index is 2.10. The zero-order chi connectivity index (χ0) is 19.2. The van der Waals surface area contributed by atoms with Crippen molar-refractivity contribution in [1.29, 1.82) is 0 Å². The van der Waals surface area contributed by atoms with E-state index in [1.54, 1.807) is 55.8 Å². The molecule has 0 aromatic heterocycles. The van der Waals surface area contributed by atoms with Gasteiger partial charge in [0, 0.05) is 24.9 Å². The van der Waals surface area contributed by atoms with Crippen molar-refractivity contribution in [2.45, 2.75) is 25.3 Å². The van der Waals surface area contributed by atoms with Gasteiger partial charge >= 0.3 is 0 Å². The molecule has 1 N–H and O–H groups in total. The van der Waals surface area contributed by atoms with Gasteiger partial charge in [0.1, 0.15) is 11.5 Å².